The van der Waals surface area contributed by atoms with Crippen LogP contribution in [0.15, 0.2) is 47.2 Å². The summed E-state index contributed by atoms with van der Waals surface area (Å²) in [6.07, 6.45) is 0.940. The maximum atomic E-state index is 14.8. The van der Waals surface area contributed by atoms with Crippen LogP contribution in [0.3, 0.4) is 0 Å². The van der Waals surface area contributed by atoms with E-state index in [1.807, 2.05) is 13.0 Å². The summed E-state index contributed by atoms with van der Waals surface area (Å²) in [6.45, 7) is 5.32. The molecule has 2 aromatic heterocycles. The van der Waals surface area contributed by atoms with Crippen molar-refractivity contribution in [2.75, 3.05) is 19.0 Å². The van der Waals surface area contributed by atoms with Crippen LogP contribution >= 0.6 is 0 Å². The molecule has 3 heterocycles. The van der Waals surface area contributed by atoms with Crippen LogP contribution in [-0.4, -0.2) is 39.0 Å². The summed E-state index contributed by atoms with van der Waals surface area (Å²) in [7, 11) is 3.11. The first-order chi connectivity index (χ1) is 18.0. The third-order valence-corrected chi connectivity index (χ3v) is 7.27. The molecule has 0 unspecified atom stereocenters. The molecule has 202 valence electrons. The Bertz CT molecular complexity index is 1470. The molecule has 1 N–H and O–H groups in total. The molecule has 0 bridgehead atoms. The number of amides is 1. The van der Waals surface area contributed by atoms with Crippen molar-refractivity contribution in [3.63, 3.8) is 0 Å². The quantitative estimate of drug-likeness (QED) is 0.485. The van der Waals surface area contributed by atoms with Crippen molar-refractivity contribution in [2.45, 2.75) is 51.7 Å². The van der Waals surface area contributed by atoms with E-state index in [-0.39, 0.29) is 17.0 Å². The molecule has 1 amide bonds. The average molecular weight is 530 g/mol. The van der Waals surface area contributed by atoms with Gasteiger partial charge < -0.3 is 15.0 Å². The second-order valence-electron chi connectivity index (χ2n) is 9.47. The largest absolute Gasteiger partial charge is 0.373 e. The van der Waals surface area contributed by atoms with E-state index in [0.717, 1.165) is 11.8 Å². The average Bonchev–Trinajstić information content (AvgIpc) is 3.05. The molecule has 3 aromatic rings. The zero-order valence-electron chi connectivity index (χ0n) is 21.9. The smallest absolute Gasteiger partial charge is 0.266 e. The van der Waals surface area contributed by atoms with E-state index in [4.69, 9.17) is 4.74 Å². The molecular weight excluding hydrogens is 499 g/mol. The van der Waals surface area contributed by atoms with Crippen LogP contribution in [0.4, 0.5) is 19.0 Å². The number of carbonyl (C=O) groups is 1. The van der Waals surface area contributed by atoms with Gasteiger partial charge in [-0.05, 0) is 26.3 Å². The van der Waals surface area contributed by atoms with Crippen LogP contribution < -0.4 is 10.9 Å². The molecule has 2 atom stereocenters. The van der Waals surface area contributed by atoms with Gasteiger partial charge in [0.15, 0.2) is 0 Å². The number of methoxy groups -OCH3 is 1. The van der Waals surface area contributed by atoms with Crippen molar-refractivity contribution >= 4 is 22.8 Å². The standard InChI is InChI=1S/C27H30F3N5O3/c1-15-9-10-27(38-5,11-12-35(15)17(3)36)21-13-20-24(31-14-32-25(20)34(4)26(21)37)33-16(2)18-7-6-8-19(22(18)28)23(29)30/h6-9,13-14,16,23H,10-12H2,1-5H3,(H,31,32,33)/t16-,27-/m1/s1. The molecule has 38 heavy (non-hydrogen) atoms. The fourth-order valence-electron chi connectivity index (χ4n) is 5.00. The van der Waals surface area contributed by atoms with E-state index < -0.39 is 29.4 Å². The maximum absolute atomic E-state index is 14.8. The third-order valence-electron chi connectivity index (χ3n) is 7.27. The fourth-order valence-corrected chi connectivity index (χ4v) is 5.00. The molecule has 11 heteroatoms. The molecule has 1 aliphatic rings. The number of aromatic nitrogens is 3. The van der Waals surface area contributed by atoms with Crippen molar-refractivity contribution < 1.29 is 22.7 Å². The third kappa shape index (κ3) is 4.78. The molecule has 0 spiro atoms. The number of ether oxygens (including phenoxy) is 1. The number of nitrogens with one attached hydrogen (secondary N) is 1. The second-order valence-corrected chi connectivity index (χ2v) is 9.47. The first-order valence-electron chi connectivity index (χ1n) is 12.2. The number of hydrogen-bond donors (Lipinski definition) is 1. The highest BCUT2D eigenvalue weighted by Crippen LogP contribution is 2.37. The van der Waals surface area contributed by atoms with Gasteiger partial charge in [-0.15, -0.1) is 0 Å². The number of anilines is 1. The summed E-state index contributed by atoms with van der Waals surface area (Å²) < 4.78 is 48.7. The normalized spacial score (nSPS) is 18.9. The van der Waals surface area contributed by atoms with E-state index >= 15 is 0 Å². The van der Waals surface area contributed by atoms with Crippen LogP contribution in [-0.2, 0) is 22.2 Å². The molecule has 0 saturated heterocycles. The molecule has 1 aliphatic heterocycles. The molecule has 0 radical (unpaired) electrons. The van der Waals surface area contributed by atoms with Crippen molar-refractivity contribution in [1.82, 2.24) is 19.4 Å². The SMILES string of the molecule is CO[C@]1(c2cc3c(N[C@H](C)c4cccc(C(F)F)c4F)ncnc3n(C)c2=O)CC=C(C)N(C(C)=O)CC1. The minimum atomic E-state index is -2.94. The molecular formula is C27H30F3N5O3. The van der Waals surface area contributed by atoms with Crippen molar-refractivity contribution in [1.29, 1.82) is 0 Å². The topological polar surface area (TPSA) is 89.3 Å². The minimum Gasteiger partial charge on any atom is -0.373 e. The molecule has 1 aromatic carbocycles. The Morgan fingerprint density at radius 3 is 2.61 bits per heavy atom. The Kier molecular flexibility index (Phi) is 7.59. The number of hydrogen-bond acceptors (Lipinski definition) is 6. The first-order valence-corrected chi connectivity index (χ1v) is 12.2. The lowest BCUT2D eigenvalue weighted by molar-refractivity contribution is -0.127. The lowest BCUT2D eigenvalue weighted by Crippen LogP contribution is -2.39. The number of fused-ring (bicyclic) bond motifs is 1. The highest BCUT2D eigenvalue weighted by molar-refractivity contribution is 5.87. The number of carbonyl (C=O) groups excluding carboxylic acids is 1. The number of pyridine rings is 1. The Balaban J connectivity index is 1.81. The molecule has 4 rings (SSSR count). The lowest BCUT2D eigenvalue weighted by atomic mass is 9.87. The van der Waals surface area contributed by atoms with Gasteiger partial charge in [-0.25, -0.2) is 23.1 Å². The number of aryl methyl sites for hydroxylation is 1. The monoisotopic (exact) mass is 529 g/mol. The first kappa shape index (κ1) is 27.3. The molecule has 8 nitrogen and oxygen atoms in total. The lowest BCUT2D eigenvalue weighted by Gasteiger charge is -2.32. The van der Waals surface area contributed by atoms with Gasteiger partial charge in [-0.2, -0.15) is 0 Å². The number of nitrogens with zero attached hydrogens (tertiary/aromatic N) is 4. The summed E-state index contributed by atoms with van der Waals surface area (Å²) in [5.41, 5.74) is -0.474. The van der Waals surface area contributed by atoms with E-state index in [1.165, 1.54) is 37.1 Å². The van der Waals surface area contributed by atoms with Crippen LogP contribution in [0, 0.1) is 5.82 Å². The number of benzene rings is 1. The van der Waals surface area contributed by atoms with Gasteiger partial charge in [0, 0.05) is 45.3 Å². The van der Waals surface area contributed by atoms with Gasteiger partial charge in [0.2, 0.25) is 5.91 Å². The van der Waals surface area contributed by atoms with Crippen LogP contribution in [0.2, 0.25) is 0 Å². The Hall–Kier alpha value is -3.73. The van der Waals surface area contributed by atoms with Crippen LogP contribution in [0.25, 0.3) is 11.0 Å². The summed E-state index contributed by atoms with van der Waals surface area (Å²) in [4.78, 5) is 35.9. The summed E-state index contributed by atoms with van der Waals surface area (Å²) in [6, 6.07) is 4.81. The highest BCUT2D eigenvalue weighted by atomic mass is 19.3. The van der Waals surface area contributed by atoms with Gasteiger partial charge in [0.25, 0.3) is 12.0 Å². The van der Waals surface area contributed by atoms with Gasteiger partial charge in [0.05, 0.1) is 22.6 Å². The van der Waals surface area contributed by atoms with Gasteiger partial charge in [-0.1, -0.05) is 24.3 Å². The maximum Gasteiger partial charge on any atom is 0.266 e. The van der Waals surface area contributed by atoms with Crippen LogP contribution in [0.1, 0.15) is 62.8 Å². The number of allylic oxidation sites excluding steroid dienone is 1. The van der Waals surface area contributed by atoms with E-state index in [9.17, 15) is 22.8 Å². The van der Waals surface area contributed by atoms with Crippen molar-refractivity contribution in [2.24, 2.45) is 7.05 Å². The predicted molar refractivity (Wildman–Crippen MR) is 137 cm³/mol. The summed E-state index contributed by atoms with van der Waals surface area (Å²) in [5.74, 6) is -0.782. The van der Waals surface area contributed by atoms with Gasteiger partial charge in [-0.3, -0.25) is 14.2 Å². The van der Waals surface area contributed by atoms with Gasteiger partial charge in [0.1, 0.15) is 29.2 Å². The van der Waals surface area contributed by atoms with Crippen LogP contribution in [0.5, 0.6) is 0 Å². The van der Waals surface area contributed by atoms with Crippen molar-refractivity contribution in [3.8, 4) is 0 Å². The predicted octanol–water partition coefficient (Wildman–Crippen LogP) is 4.97. The number of halogens is 3. The Morgan fingerprint density at radius 2 is 1.95 bits per heavy atom. The zero-order chi connectivity index (χ0) is 27.8. The highest BCUT2D eigenvalue weighted by Gasteiger charge is 2.38. The molecule has 0 aliphatic carbocycles. The Morgan fingerprint density at radius 1 is 1.24 bits per heavy atom. The fraction of sp³-hybridized carbons (Fsp3) is 0.407. The van der Waals surface area contributed by atoms with E-state index in [0.29, 0.717) is 41.8 Å². The van der Waals surface area contributed by atoms with E-state index in [1.54, 1.807) is 24.9 Å². The summed E-state index contributed by atoms with van der Waals surface area (Å²) in [5, 5.41) is 3.58. The minimum absolute atomic E-state index is 0.0571. The zero-order valence-corrected chi connectivity index (χ0v) is 21.9. The van der Waals surface area contributed by atoms with E-state index in [2.05, 4.69) is 15.3 Å². The summed E-state index contributed by atoms with van der Waals surface area (Å²) >= 11 is 0. The van der Waals surface area contributed by atoms with Gasteiger partial charge >= 0.3 is 0 Å². The second kappa shape index (κ2) is 10.6. The molecule has 0 saturated carbocycles. The van der Waals surface area contributed by atoms with Crippen molar-refractivity contribution in [3.05, 3.63) is 75.2 Å². The number of alkyl halides is 2. The number of rotatable bonds is 6. The Labute approximate surface area is 218 Å². The molecule has 0 fully saturated rings.